The number of hydrogen-bond donors (Lipinski definition) is 1. The van der Waals surface area contributed by atoms with Crippen LogP contribution >= 0.6 is 11.8 Å². The van der Waals surface area contributed by atoms with Crippen LogP contribution in [-0.2, 0) is 10.0 Å². The number of thioether (sulfide) groups is 1. The van der Waals surface area contributed by atoms with E-state index < -0.39 is 10.0 Å². The Bertz CT molecular complexity index is 1050. The van der Waals surface area contributed by atoms with Crippen LogP contribution in [0.5, 0.6) is 0 Å². The largest absolute Gasteiger partial charge is 0.363 e. The topological polar surface area (TPSA) is 95.0 Å². The molecule has 1 amide bonds. The first kappa shape index (κ1) is 17.8. The highest BCUT2D eigenvalue weighted by Crippen LogP contribution is 2.42. The summed E-state index contributed by atoms with van der Waals surface area (Å²) in [5.74, 6) is 0.542. The van der Waals surface area contributed by atoms with Crippen LogP contribution in [0.3, 0.4) is 0 Å². The summed E-state index contributed by atoms with van der Waals surface area (Å²) in [5.41, 5.74) is 1.97. The molecule has 2 aromatic rings. The lowest BCUT2D eigenvalue weighted by molar-refractivity contribution is 0.102. The highest BCUT2D eigenvalue weighted by atomic mass is 32.2. The molecular formula is C17H17N5O3S2. The smallest absolute Gasteiger partial charge is 0.257 e. The SMILES string of the molecule is CN(C)c1ccc(NC(=O)c2ccc3c(c2)SC2=NS(=O)(=O)CCN23)cn1. The van der Waals surface area contributed by atoms with Crippen molar-refractivity contribution in [2.24, 2.45) is 4.40 Å². The zero-order valence-electron chi connectivity index (χ0n) is 14.7. The molecule has 0 atom stereocenters. The standard InChI is InChI=1S/C17H17N5O3S2/c1-21(2)15-6-4-12(10-18-15)19-16(23)11-3-5-13-14(9-11)26-17-20-27(24,25)8-7-22(13)17/h3-6,9-10H,7-8H2,1-2H3,(H,19,23). The van der Waals surface area contributed by atoms with Gasteiger partial charge < -0.3 is 15.1 Å². The third kappa shape index (κ3) is 3.50. The lowest BCUT2D eigenvalue weighted by Crippen LogP contribution is -2.35. The van der Waals surface area contributed by atoms with Gasteiger partial charge in [0.15, 0.2) is 5.17 Å². The van der Waals surface area contributed by atoms with Crippen molar-refractivity contribution in [3.63, 3.8) is 0 Å². The van der Waals surface area contributed by atoms with E-state index >= 15 is 0 Å². The summed E-state index contributed by atoms with van der Waals surface area (Å²) in [4.78, 5) is 21.4. The van der Waals surface area contributed by atoms with Crippen LogP contribution in [0.25, 0.3) is 0 Å². The maximum Gasteiger partial charge on any atom is 0.257 e. The van der Waals surface area contributed by atoms with Crippen LogP contribution in [0.15, 0.2) is 45.8 Å². The number of anilines is 3. The lowest BCUT2D eigenvalue weighted by Gasteiger charge is -2.22. The summed E-state index contributed by atoms with van der Waals surface area (Å²) in [6.07, 6.45) is 1.61. The molecule has 0 saturated carbocycles. The molecule has 2 aliphatic rings. The minimum Gasteiger partial charge on any atom is -0.363 e. The monoisotopic (exact) mass is 403 g/mol. The number of amidine groups is 1. The summed E-state index contributed by atoms with van der Waals surface area (Å²) in [6, 6.07) is 8.92. The Hall–Kier alpha value is -2.59. The molecule has 8 nitrogen and oxygen atoms in total. The van der Waals surface area contributed by atoms with Crippen LogP contribution in [0.4, 0.5) is 17.2 Å². The maximum atomic E-state index is 12.6. The molecule has 27 heavy (non-hydrogen) atoms. The number of carbonyl (C=O) groups excluding carboxylic acids is 1. The molecule has 2 aliphatic heterocycles. The fourth-order valence-electron chi connectivity index (χ4n) is 2.80. The van der Waals surface area contributed by atoms with Gasteiger partial charge >= 0.3 is 0 Å². The number of aromatic nitrogens is 1. The van der Waals surface area contributed by atoms with E-state index in [0.29, 0.717) is 23.0 Å². The number of sulfonamides is 1. The summed E-state index contributed by atoms with van der Waals surface area (Å²) in [6.45, 7) is 0.372. The Kier molecular flexibility index (Phi) is 4.31. The van der Waals surface area contributed by atoms with Gasteiger partial charge in [0.2, 0.25) is 0 Å². The second-order valence-corrected chi connectivity index (χ2v) is 9.11. The fourth-order valence-corrected chi connectivity index (χ4v) is 5.10. The molecule has 1 N–H and O–H groups in total. The Morgan fingerprint density at radius 2 is 2.07 bits per heavy atom. The molecule has 0 unspecified atom stereocenters. The van der Waals surface area contributed by atoms with Crippen LogP contribution in [0.1, 0.15) is 10.4 Å². The lowest BCUT2D eigenvalue weighted by atomic mass is 10.1. The molecule has 1 aromatic carbocycles. The normalized spacial score (nSPS) is 17.0. The predicted molar refractivity (Wildman–Crippen MR) is 107 cm³/mol. The van der Waals surface area contributed by atoms with Gasteiger partial charge in [-0.25, -0.2) is 13.4 Å². The molecule has 0 aliphatic carbocycles. The van der Waals surface area contributed by atoms with Crippen molar-refractivity contribution >= 4 is 50.1 Å². The Balaban J connectivity index is 1.54. The second-order valence-electron chi connectivity index (χ2n) is 6.35. The molecule has 0 spiro atoms. The number of benzene rings is 1. The highest BCUT2D eigenvalue weighted by Gasteiger charge is 2.33. The van der Waals surface area contributed by atoms with Gasteiger partial charge in [-0.2, -0.15) is 0 Å². The molecule has 10 heteroatoms. The Labute approximate surface area is 161 Å². The summed E-state index contributed by atoms with van der Waals surface area (Å²) < 4.78 is 27.2. The van der Waals surface area contributed by atoms with Crippen molar-refractivity contribution in [1.82, 2.24) is 4.98 Å². The zero-order valence-corrected chi connectivity index (χ0v) is 16.3. The molecule has 0 radical (unpaired) electrons. The summed E-state index contributed by atoms with van der Waals surface area (Å²) in [7, 11) is 0.394. The van der Waals surface area contributed by atoms with E-state index in [1.807, 2.05) is 36.0 Å². The molecular weight excluding hydrogens is 386 g/mol. The van der Waals surface area contributed by atoms with Gasteiger partial charge in [-0.05, 0) is 42.1 Å². The number of carbonyl (C=O) groups is 1. The van der Waals surface area contributed by atoms with E-state index in [0.717, 1.165) is 16.4 Å². The van der Waals surface area contributed by atoms with Gasteiger partial charge in [-0.1, -0.05) is 0 Å². The van der Waals surface area contributed by atoms with Gasteiger partial charge in [0.05, 0.1) is 23.3 Å². The quantitative estimate of drug-likeness (QED) is 0.838. The third-order valence-electron chi connectivity index (χ3n) is 4.20. The average molecular weight is 403 g/mol. The zero-order chi connectivity index (χ0) is 19.2. The van der Waals surface area contributed by atoms with Gasteiger partial charge in [0, 0.05) is 31.1 Å². The molecule has 0 bridgehead atoms. The van der Waals surface area contributed by atoms with Crippen molar-refractivity contribution in [2.45, 2.75) is 4.90 Å². The Morgan fingerprint density at radius 3 is 2.78 bits per heavy atom. The Morgan fingerprint density at radius 1 is 1.26 bits per heavy atom. The van der Waals surface area contributed by atoms with E-state index in [2.05, 4.69) is 14.7 Å². The van der Waals surface area contributed by atoms with E-state index in [-0.39, 0.29) is 11.7 Å². The molecule has 140 valence electrons. The third-order valence-corrected chi connectivity index (χ3v) is 6.51. The number of nitrogens with zero attached hydrogens (tertiary/aromatic N) is 4. The maximum absolute atomic E-state index is 12.6. The van der Waals surface area contributed by atoms with Gasteiger partial charge in [0.1, 0.15) is 5.82 Å². The first-order chi connectivity index (χ1) is 12.8. The minimum atomic E-state index is -3.40. The number of rotatable bonds is 3. The molecule has 1 aromatic heterocycles. The predicted octanol–water partition coefficient (Wildman–Crippen LogP) is 2.01. The number of amides is 1. The van der Waals surface area contributed by atoms with Crippen molar-refractivity contribution in [3.8, 4) is 0 Å². The highest BCUT2D eigenvalue weighted by molar-refractivity contribution is 8.15. The fraction of sp³-hybridized carbons (Fsp3) is 0.235. The summed E-state index contributed by atoms with van der Waals surface area (Å²) in [5, 5.41) is 3.26. The van der Waals surface area contributed by atoms with Crippen LogP contribution in [0, 0.1) is 0 Å². The first-order valence-electron chi connectivity index (χ1n) is 8.19. The number of pyridine rings is 1. The molecule has 0 saturated heterocycles. The average Bonchev–Trinajstić information content (AvgIpc) is 2.97. The first-order valence-corrected chi connectivity index (χ1v) is 10.6. The minimum absolute atomic E-state index is 0.00528. The van der Waals surface area contributed by atoms with Gasteiger partial charge in [-0.3, -0.25) is 4.79 Å². The van der Waals surface area contributed by atoms with E-state index in [9.17, 15) is 13.2 Å². The van der Waals surface area contributed by atoms with Gasteiger partial charge in [0.25, 0.3) is 15.9 Å². The second kappa shape index (κ2) is 6.54. The van der Waals surface area contributed by atoms with Crippen LogP contribution in [0.2, 0.25) is 0 Å². The number of hydrogen-bond acceptors (Lipinski definition) is 7. The van der Waals surface area contributed by atoms with Crippen LogP contribution < -0.4 is 15.1 Å². The van der Waals surface area contributed by atoms with Crippen molar-refractivity contribution in [3.05, 3.63) is 42.1 Å². The van der Waals surface area contributed by atoms with Crippen molar-refractivity contribution in [2.75, 3.05) is 41.5 Å². The van der Waals surface area contributed by atoms with E-state index in [1.54, 1.807) is 24.4 Å². The van der Waals surface area contributed by atoms with Crippen LogP contribution in [-0.4, -0.2) is 50.9 Å². The van der Waals surface area contributed by atoms with Crippen molar-refractivity contribution < 1.29 is 13.2 Å². The summed E-state index contributed by atoms with van der Waals surface area (Å²) >= 11 is 1.26. The molecule has 3 heterocycles. The number of nitrogens with one attached hydrogen (secondary N) is 1. The number of fused-ring (bicyclic) bond motifs is 3. The van der Waals surface area contributed by atoms with E-state index in [1.165, 1.54) is 11.8 Å². The molecule has 4 rings (SSSR count). The molecule has 0 fully saturated rings. The van der Waals surface area contributed by atoms with E-state index in [4.69, 9.17) is 0 Å². The van der Waals surface area contributed by atoms with Gasteiger partial charge in [-0.15, -0.1) is 4.40 Å². The van der Waals surface area contributed by atoms with Crippen molar-refractivity contribution in [1.29, 1.82) is 0 Å².